The molecule has 0 saturated heterocycles. The summed E-state index contributed by atoms with van der Waals surface area (Å²) in [5.41, 5.74) is 7.61. The molecular weight excluding hydrogens is 376 g/mol. The average molecular weight is 396 g/mol. The molecule has 29 heavy (non-hydrogen) atoms. The van der Waals surface area contributed by atoms with Gasteiger partial charge in [-0.1, -0.05) is 17.7 Å². The van der Waals surface area contributed by atoms with Crippen molar-refractivity contribution >= 4 is 29.5 Å². The minimum atomic E-state index is -0.892. The molecule has 0 fully saturated rings. The molecule has 0 radical (unpaired) electrons. The number of anilines is 3. The molecular formula is C19H20N6O4. The van der Waals surface area contributed by atoms with Gasteiger partial charge in [0.1, 0.15) is 6.04 Å². The number of carbonyl (C=O) groups excluding carboxylic acids is 2. The van der Waals surface area contributed by atoms with E-state index in [0.717, 1.165) is 11.3 Å². The summed E-state index contributed by atoms with van der Waals surface area (Å²) in [5.74, 6) is -0.691. The second-order valence-electron chi connectivity index (χ2n) is 6.20. The standard InChI is InChI=1S/C19H20N6O4/c1-11-5-7-13(8-6-11)22-19-24-15(23-18(20)25-19)10-29-17(27)12(2)21-16(26)14-4-3-9-28-14/h3-9,12H,10H2,1-2H3,(H,21,26)(H3,20,22,23,24,25)/t12-/m0/s1. The predicted molar refractivity (Wildman–Crippen MR) is 104 cm³/mol. The molecule has 4 N–H and O–H groups in total. The number of nitrogens with zero attached hydrogens (tertiary/aromatic N) is 3. The number of ether oxygens (including phenoxy) is 1. The van der Waals surface area contributed by atoms with Crippen molar-refractivity contribution < 1.29 is 18.7 Å². The predicted octanol–water partition coefficient (Wildman–Crippen LogP) is 1.96. The van der Waals surface area contributed by atoms with E-state index in [2.05, 4.69) is 25.6 Å². The van der Waals surface area contributed by atoms with Crippen LogP contribution < -0.4 is 16.4 Å². The lowest BCUT2D eigenvalue weighted by Gasteiger charge is -2.12. The van der Waals surface area contributed by atoms with E-state index in [4.69, 9.17) is 14.9 Å². The minimum Gasteiger partial charge on any atom is -0.459 e. The van der Waals surface area contributed by atoms with E-state index in [-0.39, 0.29) is 30.1 Å². The highest BCUT2D eigenvalue weighted by molar-refractivity contribution is 5.94. The van der Waals surface area contributed by atoms with Crippen LogP contribution in [0.15, 0.2) is 47.1 Å². The molecule has 0 saturated carbocycles. The van der Waals surface area contributed by atoms with E-state index < -0.39 is 17.9 Å². The molecule has 0 aliphatic carbocycles. The Bertz CT molecular complexity index is 988. The van der Waals surface area contributed by atoms with Gasteiger partial charge in [-0.05, 0) is 38.1 Å². The summed E-state index contributed by atoms with van der Waals surface area (Å²) in [4.78, 5) is 36.2. The van der Waals surface area contributed by atoms with Crippen molar-refractivity contribution in [2.45, 2.75) is 26.5 Å². The highest BCUT2D eigenvalue weighted by Crippen LogP contribution is 2.14. The second-order valence-corrected chi connectivity index (χ2v) is 6.20. The number of nitrogen functional groups attached to an aromatic ring is 1. The fourth-order valence-corrected chi connectivity index (χ4v) is 2.32. The molecule has 10 nitrogen and oxygen atoms in total. The number of aryl methyl sites for hydroxylation is 1. The lowest BCUT2D eigenvalue weighted by atomic mass is 10.2. The molecule has 0 unspecified atom stereocenters. The number of aromatic nitrogens is 3. The summed E-state index contributed by atoms with van der Waals surface area (Å²) in [6, 6.07) is 9.80. The van der Waals surface area contributed by atoms with Crippen LogP contribution in [0.25, 0.3) is 0 Å². The highest BCUT2D eigenvalue weighted by atomic mass is 16.5. The maximum Gasteiger partial charge on any atom is 0.328 e. The average Bonchev–Trinajstić information content (AvgIpc) is 3.22. The number of hydrogen-bond donors (Lipinski definition) is 3. The third-order valence-electron chi connectivity index (χ3n) is 3.80. The first-order chi connectivity index (χ1) is 13.9. The highest BCUT2D eigenvalue weighted by Gasteiger charge is 2.20. The van der Waals surface area contributed by atoms with Crippen LogP contribution >= 0.6 is 0 Å². The summed E-state index contributed by atoms with van der Waals surface area (Å²) in [6.07, 6.45) is 1.37. The lowest BCUT2D eigenvalue weighted by Crippen LogP contribution is -2.39. The Morgan fingerprint density at radius 3 is 2.62 bits per heavy atom. The van der Waals surface area contributed by atoms with Gasteiger partial charge < -0.3 is 25.5 Å². The van der Waals surface area contributed by atoms with E-state index >= 15 is 0 Å². The molecule has 1 atom stereocenters. The van der Waals surface area contributed by atoms with Gasteiger partial charge in [-0.25, -0.2) is 4.79 Å². The SMILES string of the molecule is Cc1ccc(Nc2nc(N)nc(COC(=O)[C@H](C)NC(=O)c3ccco3)n2)cc1. The molecule has 0 aliphatic heterocycles. The summed E-state index contributed by atoms with van der Waals surface area (Å²) in [7, 11) is 0. The van der Waals surface area contributed by atoms with Gasteiger partial charge in [-0.15, -0.1) is 0 Å². The Hall–Kier alpha value is -3.95. The smallest absolute Gasteiger partial charge is 0.328 e. The number of carbonyl (C=O) groups is 2. The zero-order chi connectivity index (χ0) is 20.8. The largest absolute Gasteiger partial charge is 0.459 e. The zero-order valence-corrected chi connectivity index (χ0v) is 15.9. The molecule has 3 rings (SSSR count). The Labute approximate surface area is 166 Å². The number of nitrogens with one attached hydrogen (secondary N) is 2. The Kier molecular flexibility index (Phi) is 6.03. The van der Waals surface area contributed by atoms with E-state index in [1.54, 1.807) is 6.07 Å². The number of nitrogens with two attached hydrogens (primary N) is 1. The first-order valence-corrected chi connectivity index (χ1v) is 8.76. The van der Waals surface area contributed by atoms with Crippen molar-refractivity contribution in [2.24, 2.45) is 0 Å². The maximum absolute atomic E-state index is 12.1. The Balaban J connectivity index is 1.58. The molecule has 0 spiro atoms. The van der Waals surface area contributed by atoms with Gasteiger partial charge in [0.25, 0.3) is 5.91 Å². The van der Waals surface area contributed by atoms with Crippen molar-refractivity contribution in [3.63, 3.8) is 0 Å². The molecule has 1 amide bonds. The van der Waals surface area contributed by atoms with Crippen LogP contribution in [0, 0.1) is 6.92 Å². The fraction of sp³-hybridized carbons (Fsp3) is 0.211. The molecule has 2 heterocycles. The normalized spacial score (nSPS) is 11.5. The third kappa shape index (κ3) is 5.51. The first-order valence-electron chi connectivity index (χ1n) is 8.76. The fourth-order valence-electron chi connectivity index (χ4n) is 2.32. The van der Waals surface area contributed by atoms with E-state index in [1.165, 1.54) is 19.3 Å². The molecule has 3 aromatic rings. The van der Waals surface area contributed by atoms with Crippen molar-refractivity contribution in [1.29, 1.82) is 0 Å². The number of hydrogen-bond acceptors (Lipinski definition) is 9. The van der Waals surface area contributed by atoms with Gasteiger partial charge in [0, 0.05) is 5.69 Å². The summed E-state index contributed by atoms with van der Waals surface area (Å²) >= 11 is 0. The van der Waals surface area contributed by atoms with E-state index in [9.17, 15) is 9.59 Å². The minimum absolute atomic E-state index is 0.0140. The van der Waals surface area contributed by atoms with Crippen LogP contribution in [0.2, 0.25) is 0 Å². The third-order valence-corrected chi connectivity index (χ3v) is 3.80. The van der Waals surface area contributed by atoms with Crippen LogP contribution in [0.3, 0.4) is 0 Å². The van der Waals surface area contributed by atoms with Crippen molar-refractivity contribution in [1.82, 2.24) is 20.3 Å². The van der Waals surface area contributed by atoms with Crippen LogP contribution in [0.5, 0.6) is 0 Å². The van der Waals surface area contributed by atoms with Crippen molar-refractivity contribution in [2.75, 3.05) is 11.1 Å². The number of amides is 1. The molecule has 1 aromatic carbocycles. The van der Waals surface area contributed by atoms with Crippen molar-refractivity contribution in [3.05, 3.63) is 59.8 Å². The van der Waals surface area contributed by atoms with Gasteiger partial charge in [0.05, 0.1) is 6.26 Å². The van der Waals surface area contributed by atoms with Gasteiger partial charge >= 0.3 is 5.97 Å². The zero-order valence-electron chi connectivity index (χ0n) is 15.9. The van der Waals surface area contributed by atoms with Gasteiger partial charge in [-0.2, -0.15) is 15.0 Å². The molecule has 150 valence electrons. The van der Waals surface area contributed by atoms with Crippen LogP contribution in [0.4, 0.5) is 17.6 Å². The summed E-state index contributed by atoms with van der Waals surface area (Å²) in [5, 5.41) is 5.50. The van der Waals surface area contributed by atoms with Gasteiger partial charge in [0.2, 0.25) is 11.9 Å². The van der Waals surface area contributed by atoms with E-state index in [0.29, 0.717) is 0 Å². The second kappa shape index (κ2) is 8.83. The summed E-state index contributed by atoms with van der Waals surface area (Å²) < 4.78 is 10.1. The quantitative estimate of drug-likeness (QED) is 0.510. The number of esters is 1. The lowest BCUT2D eigenvalue weighted by molar-refractivity contribution is -0.147. The molecule has 0 aliphatic rings. The number of benzene rings is 1. The van der Waals surface area contributed by atoms with E-state index in [1.807, 2.05) is 31.2 Å². The van der Waals surface area contributed by atoms with Crippen LogP contribution in [-0.2, 0) is 16.1 Å². The van der Waals surface area contributed by atoms with Gasteiger partial charge in [0.15, 0.2) is 18.2 Å². The molecule has 2 aromatic heterocycles. The number of rotatable bonds is 7. The molecule has 0 bridgehead atoms. The van der Waals surface area contributed by atoms with Crippen LogP contribution in [0.1, 0.15) is 28.9 Å². The number of furan rings is 1. The Morgan fingerprint density at radius 2 is 1.93 bits per heavy atom. The topological polar surface area (TPSA) is 145 Å². The Morgan fingerprint density at radius 1 is 1.17 bits per heavy atom. The monoisotopic (exact) mass is 396 g/mol. The van der Waals surface area contributed by atoms with Crippen LogP contribution in [-0.4, -0.2) is 32.9 Å². The molecule has 10 heteroatoms. The maximum atomic E-state index is 12.1. The van der Waals surface area contributed by atoms with Gasteiger partial charge in [-0.3, -0.25) is 4.79 Å². The van der Waals surface area contributed by atoms with Crippen molar-refractivity contribution in [3.8, 4) is 0 Å². The summed E-state index contributed by atoms with van der Waals surface area (Å²) in [6.45, 7) is 3.25. The first kappa shape index (κ1) is 19.8.